The molecule has 0 aliphatic carbocycles. The third-order valence-corrected chi connectivity index (χ3v) is 5.15. The normalized spacial score (nSPS) is 18.6. The van der Waals surface area contributed by atoms with Crippen molar-refractivity contribution in [3.8, 4) is 0 Å². The van der Waals surface area contributed by atoms with Crippen LogP contribution in [-0.2, 0) is 22.9 Å². The van der Waals surface area contributed by atoms with E-state index in [1.165, 1.54) is 11.6 Å². The first kappa shape index (κ1) is 17.4. The molecule has 1 amide bonds. The van der Waals surface area contributed by atoms with Crippen LogP contribution in [0.3, 0.4) is 0 Å². The molecule has 3 rings (SSSR count). The maximum absolute atomic E-state index is 12.1. The summed E-state index contributed by atoms with van der Waals surface area (Å²) in [7, 11) is -1.26. The molecule has 1 N–H and O–H groups in total. The number of hydrogen-bond acceptors (Lipinski definition) is 6. The number of aromatic nitrogens is 1. The molecule has 0 saturated carbocycles. The Hall–Kier alpha value is -2.45. The van der Waals surface area contributed by atoms with E-state index in [-0.39, 0.29) is 11.4 Å². The molecule has 2 aromatic rings. The molecule has 1 aliphatic rings. The van der Waals surface area contributed by atoms with Gasteiger partial charge in [-0.25, -0.2) is 8.42 Å². The van der Waals surface area contributed by atoms with Gasteiger partial charge in [-0.3, -0.25) is 9.69 Å². The van der Waals surface area contributed by atoms with E-state index in [4.69, 9.17) is 4.52 Å². The van der Waals surface area contributed by atoms with Gasteiger partial charge in [0.2, 0.25) is 0 Å². The Morgan fingerprint density at radius 2 is 2.08 bits per heavy atom. The molecule has 0 fully saturated rings. The van der Waals surface area contributed by atoms with Crippen LogP contribution < -0.4 is 5.32 Å². The first-order valence-corrected chi connectivity index (χ1v) is 9.53. The van der Waals surface area contributed by atoms with Gasteiger partial charge < -0.3 is 9.84 Å². The van der Waals surface area contributed by atoms with Crippen molar-refractivity contribution in [2.45, 2.75) is 19.1 Å². The van der Waals surface area contributed by atoms with Crippen molar-refractivity contribution in [1.82, 2.24) is 15.4 Å². The van der Waals surface area contributed by atoms with Crippen molar-refractivity contribution in [1.29, 1.82) is 0 Å². The van der Waals surface area contributed by atoms with Crippen LogP contribution in [-0.4, -0.2) is 43.2 Å². The summed E-state index contributed by atoms with van der Waals surface area (Å²) in [6, 6.07) is 11.1. The van der Waals surface area contributed by atoms with E-state index < -0.39 is 21.8 Å². The third kappa shape index (κ3) is 4.77. The number of sulfone groups is 1. The van der Waals surface area contributed by atoms with Gasteiger partial charge in [0.15, 0.2) is 21.3 Å². The van der Waals surface area contributed by atoms with E-state index in [2.05, 4.69) is 10.5 Å². The van der Waals surface area contributed by atoms with Crippen molar-refractivity contribution in [3.05, 3.63) is 64.9 Å². The summed E-state index contributed by atoms with van der Waals surface area (Å²) in [6.45, 7) is 1.25. The third-order valence-electron chi connectivity index (χ3n) is 3.76. The molecule has 1 aromatic heterocycles. The van der Waals surface area contributed by atoms with E-state index in [0.717, 1.165) is 12.0 Å². The second-order valence-corrected chi connectivity index (χ2v) is 8.01. The standard InChI is InChI=1S/C17H19N3O4S/c1-20(10-13-5-3-2-4-6-13)11-15-9-16(19-24-15)17(21)18-14-7-8-25(22,23)12-14/h2-9,14H,10-12H2,1H3,(H,18,21)/t14-/m0/s1. The molecule has 0 unspecified atom stereocenters. The lowest BCUT2D eigenvalue weighted by Gasteiger charge is -2.14. The molecule has 7 nitrogen and oxygen atoms in total. The number of carbonyl (C=O) groups excluding carboxylic acids is 1. The zero-order valence-corrected chi connectivity index (χ0v) is 14.6. The number of amides is 1. The first-order valence-electron chi connectivity index (χ1n) is 7.81. The summed E-state index contributed by atoms with van der Waals surface area (Å²) in [5.41, 5.74) is 1.32. The lowest BCUT2D eigenvalue weighted by atomic mass is 10.2. The van der Waals surface area contributed by atoms with Gasteiger partial charge in [-0.05, 0) is 18.7 Å². The van der Waals surface area contributed by atoms with Crippen LogP contribution in [0.25, 0.3) is 0 Å². The van der Waals surface area contributed by atoms with Crippen LogP contribution >= 0.6 is 0 Å². The molecule has 0 spiro atoms. The molecule has 2 heterocycles. The minimum Gasteiger partial charge on any atom is -0.359 e. The Labute approximate surface area is 146 Å². The summed E-state index contributed by atoms with van der Waals surface area (Å²) < 4.78 is 27.9. The highest BCUT2D eigenvalue weighted by Crippen LogP contribution is 2.12. The number of benzene rings is 1. The lowest BCUT2D eigenvalue weighted by Crippen LogP contribution is -2.35. The number of rotatable bonds is 6. The molecule has 132 valence electrons. The summed E-state index contributed by atoms with van der Waals surface area (Å²) in [5, 5.41) is 7.50. The second-order valence-electron chi connectivity index (χ2n) is 6.07. The van der Waals surface area contributed by atoms with E-state index >= 15 is 0 Å². The van der Waals surface area contributed by atoms with Crippen molar-refractivity contribution < 1.29 is 17.7 Å². The average molecular weight is 361 g/mol. The predicted octanol–water partition coefficient (Wildman–Crippen LogP) is 1.35. The van der Waals surface area contributed by atoms with Crippen molar-refractivity contribution in [2.75, 3.05) is 12.8 Å². The number of nitrogens with zero attached hydrogens (tertiary/aromatic N) is 2. The molecule has 1 aromatic carbocycles. The molecule has 1 atom stereocenters. The SMILES string of the molecule is CN(Cc1ccccc1)Cc1cc(C(=O)N[C@H]2C=CS(=O)(=O)C2)no1. The van der Waals surface area contributed by atoms with Crippen molar-refractivity contribution >= 4 is 15.7 Å². The Bertz CT molecular complexity index is 874. The van der Waals surface area contributed by atoms with E-state index in [0.29, 0.717) is 12.3 Å². The molecule has 0 bridgehead atoms. The first-order chi connectivity index (χ1) is 11.9. The van der Waals surface area contributed by atoms with Gasteiger partial charge in [-0.1, -0.05) is 35.5 Å². The largest absolute Gasteiger partial charge is 0.359 e. The smallest absolute Gasteiger partial charge is 0.273 e. The fourth-order valence-corrected chi connectivity index (χ4v) is 3.85. The number of nitrogens with one attached hydrogen (secondary N) is 1. The van der Waals surface area contributed by atoms with E-state index in [1.54, 1.807) is 6.07 Å². The summed E-state index contributed by atoms with van der Waals surface area (Å²) in [6.07, 6.45) is 1.46. The Morgan fingerprint density at radius 3 is 2.76 bits per heavy atom. The monoisotopic (exact) mass is 361 g/mol. The zero-order chi connectivity index (χ0) is 17.9. The van der Waals surface area contributed by atoms with Gasteiger partial charge in [0.05, 0.1) is 18.3 Å². The second kappa shape index (κ2) is 7.20. The van der Waals surface area contributed by atoms with Crippen LogP contribution in [0.4, 0.5) is 0 Å². The molecule has 0 radical (unpaired) electrons. The Kier molecular flexibility index (Phi) is 5.00. The Balaban J connectivity index is 1.55. The fourth-order valence-electron chi connectivity index (χ4n) is 2.62. The van der Waals surface area contributed by atoms with Crippen LogP contribution in [0.1, 0.15) is 21.8 Å². The molecule has 0 saturated heterocycles. The molecular weight excluding hydrogens is 342 g/mol. The summed E-state index contributed by atoms with van der Waals surface area (Å²) in [5.74, 6) is -0.00544. The fraction of sp³-hybridized carbons (Fsp3) is 0.294. The molecular formula is C17H19N3O4S. The van der Waals surface area contributed by atoms with Gasteiger partial charge in [-0.15, -0.1) is 0 Å². The quantitative estimate of drug-likeness (QED) is 0.835. The molecule has 1 aliphatic heterocycles. The topological polar surface area (TPSA) is 92.5 Å². The highest BCUT2D eigenvalue weighted by molar-refractivity contribution is 7.94. The predicted molar refractivity (Wildman–Crippen MR) is 92.3 cm³/mol. The minimum atomic E-state index is -3.21. The summed E-state index contributed by atoms with van der Waals surface area (Å²) >= 11 is 0. The van der Waals surface area contributed by atoms with Gasteiger partial charge in [0, 0.05) is 18.0 Å². The molecule has 25 heavy (non-hydrogen) atoms. The maximum Gasteiger partial charge on any atom is 0.273 e. The zero-order valence-electron chi connectivity index (χ0n) is 13.8. The highest BCUT2D eigenvalue weighted by Gasteiger charge is 2.24. The van der Waals surface area contributed by atoms with Crippen LogP contribution in [0, 0.1) is 0 Å². The van der Waals surface area contributed by atoms with Crippen LogP contribution in [0.2, 0.25) is 0 Å². The highest BCUT2D eigenvalue weighted by atomic mass is 32.2. The summed E-state index contributed by atoms with van der Waals surface area (Å²) in [4.78, 5) is 14.2. The molecule has 8 heteroatoms. The van der Waals surface area contributed by atoms with Gasteiger partial charge in [0.1, 0.15) is 0 Å². The Morgan fingerprint density at radius 1 is 1.32 bits per heavy atom. The van der Waals surface area contributed by atoms with Gasteiger partial charge in [-0.2, -0.15) is 0 Å². The van der Waals surface area contributed by atoms with Crippen molar-refractivity contribution in [2.24, 2.45) is 0 Å². The minimum absolute atomic E-state index is 0.122. The van der Waals surface area contributed by atoms with Gasteiger partial charge in [0.25, 0.3) is 5.91 Å². The van der Waals surface area contributed by atoms with Crippen LogP contribution in [0.15, 0.2) is 52.4 Å². The van der Waals surface area contributed by atoms with Crippen molar-refractivity contribution in [3.63, 3.8) is 0 Å². The maximum atomic E-state index is 12.1. The van der Waals surface area contributed by atoms with Crippen LogP contribution in [0.5, 0.6) is 0 Å². The number of hydrogen-bond donors (Lipinski definition) is 1. The van der Waals surface area contributed by atoms with Gasteiger partial charge >= 0.3 is 0 Å². The average Bonchev–Trinajstić information content (AvgIpc) is 3.14. The number of carbonyl (C=O) groups is 1. The van der Waals surface area contributed by atoms with E-state index in [9.17, 15) is 13.2 Å². The van der Waals surface area contributed by atoms with E-state index in [1.807, 2.05) is 42.3 Å². The lowest BCUT2D eigenvalue weighted by molar-refractivity contribution is 0.0938.